The van der Waals surface area contributed by atoms with E-state index < -0.39 is 0 Å². The lowest BCUT2D eigenvalue weighted by atomic mass is 10.1. The zero-order valence-corrected chi connectivity index (χ0v) is 14.2. The van der Waals surface area contributed by atoms with Crippen LogP contribution in [-0.2, 0) is 4.79 Å². The summed E-state index contributed by atoms with van der Waals surface area (Å²) < 4.78 is 0. The normalized spacial score (nSPS) is 26.6. The predicted molar refractivity (Wildman–Crippen MR) is 92.0 cm³/mol. The van der Waals surface area contributed by atoms with Crippen LogP contribution in [0.15, 0.2) is 24.3 Å². The van der Waals surface area contributed by atoms with Crippen molar-refractivity contribution in [2.45, 2.75) is 24.5 Å². The fraction of sp³-hybridized carbons (Fsp3) is 0.588. The molecule has 1 aromatic carbocycles. The predicted octanol–water partition coefficient (Wildman–Crippen LogP) is 1.86. The molecule has 2 saturated heterocycles. The first kappa shape index (κ1) is 15.8. The second kappa shape index (κ2) is 7.02. The van der Waals surface area contributed by atoms with Crippen LogP contribution in [0.3, 0.4) is 0 Å². The summed E-state index contributed by atoms with van der Waals surface area (Å²) in [7, 11) is 0. The number of nitrogens with zero attached hydrogens (tertiary/aromatic N) is 2. The average molecular weight is 319 g/mol. The highest BCUT2D eigenvalue weighted by atomic mass is 32.2. The maximum Gasteiger partial charge on any atom is 0.236 e. The Morgan fingerprint density at radius 3 is 2.68 bits per heavy atom. The molecular formula is C17H25N3OS. The quantitative estimate of drug-likeness (QED) is 0.919. The highest BCUT2D eigenvalue weighted by molar-refractivity contribution is 8.01. The zero-order chi connectivity index (χ0) is 15.5. The van der Waals surface area contributed by atoms with Gasteiger partial charge in [-0.25, -0.2) is 0 Å². The van der Waals surface area contributed by atoms with Gasteiger partial charge in [0.25, 0.3) is 0 Å². The minimum Gasteiger partial charge on any atom is -0.324 e. The molecule has 5 heteroatoms. The first-order chi connectivity index (χ1) is 10.7. The second-order valence-corrected chi connectivity index (χ2v) is 7.54. The number of hydrogen-bond donors (Lipinski definition) is 1. The van der Waals surface area contributed by atoms with Crippen molar-refractivity contribution in [1.29, 1.82) is 0 Å². The Labute approximate surface area is 137 Å². The van der Waals surface area contributed by atoms with E-state index in [9.17, 15) is 4.79 Å². The maximum absolute atomic E-state index is 12.5. The minimum atomic E-state index is 0.0626. The summed E-state index contributed by atoms with van der Waals surface area (Å²) in [4.78, 5) is 17.1. The molecule has 0 spiro atoms. The number of benzene rings is 1. The number of carbonyl (C=O) groups is 1. The van der Waals surface area contributed by atoms with E-state index in [1.165, 1.54) is 11.1 Å². The summed E-state index contributed by atoms with van der Waals surface area (Å²) in [5, 5.41) is 3.61. The third-order valence-corrected chi connectivity index (χ3v) is 5.94. The molecule has 2 heterocycles. The van der Waals surface area contributed by atoms with Gasteiger partial charge in [-0.3, -0.25) is 9.69 Å². The summed E-state index contributed by atoms with van der Waals surface area (Å²) in [6, 6.07) is 8.44. The van der Waals surface area contributed by atoms with E-state index in [1.807, 2.05) is 6.92 Å². The van der Waals surface area contributed by atoms with Crippen LogP contribution >= 0.6 is 11.8 Å². The third kappa shape index (κ3) is 3.31. The molecule has 22 heavy (non-hydrogen) atoms. The van der Waals surface area contributed by atoms with Crippen LogP contribution in [0.5, 0.6) is 0 Å². The molecule has 3 rings (SSSR count). The summed E-state index contributed by atoms with van der Waals surface area (Å²) in [5.74, 6) is 0.286. The van der Waals surface area contributed by atoms with Crippen molar-refractivity contribution in [3.8, 4) is 0 Å². The fourth-order valence-electron chi connectivity index (χ4n) is 3.19. The van der Waals surface area contributed by atoms with Crippen LogP contribution in [0, 0.1) is 6.92 Å². The minimum absolute atomic E-state index is 0.0626. The van der Waals surface area contributed by atoms with Crippen LogP contribution in [0.1, 0.15) is 23.4 Å². The number of thioether (sulfide) groups is 1. The van der Waals surface area contributed by atoms with Crippen molar-refractivity contribution >= 4 is 17.7 Å². The molecule has 0 saturated carbocycles. The Morgan fingerprint density at radius 1 is 1.23 bits per heavy atom. The lowest BCUT2D eigenvalue weighted by Crippen LogP contribution is -2.47. The molecule has 2 aliphatic rings. The largest absolute Gasteiger partial charge is 0.324 e. The van der Waals surface area contributed by atoms with Gasteiger partial charge >= 0.3 is 0 Å². The smallest absolute Gasteiger partial charge is 0.236 e. The summed E-state index contributed by atoms with van der Waals surface area (Å²) in [6.45, 7) is 10.2. The number of amides is 1. The Hall–Kier alpha value is -1.04. The molecule has 2 atom stereocenters. The molecule has 1 amide bonds. The van der Waals surface area contributed by atoms with E-state index in [-0.39, 0.29) is 16.5 Å². The van der Waals surface area contributed by atoms with Crippen LogP contribution in [0.4, 0.5) is 0 Å². The molecule has 0 bridgehead atoms. The van der Waals surface area contributed by atoms with E-state index in [0.29, 0.717) is 0 Å². The van der Waals surface area contributed by atoms with Gasteiger partial charge in [0.1, 0.15) is 5.37 Å². The molecule has 4 nitrogen and oxygen atoms in total. The first-order valence-electron chi connectivity index (χ1n) is 8.11. The zero-order valence-electron chi connectivity index (χ0n) is 13.4. The van der Waals surface area contributed by atoms with Gasteiger partial charge in [-0.1, -0.05) is 24.3 Å². The molecule has 1 N–H and O–H groups in total. The van der Waals surface area contributed by atoms with Gasteiger partial charge in [0, 0.05) is 39.3 Å². The number of rotatable bonds is 4. The summed E-state index contributed by atoms with van der Waals surface area (Å²) >= 11 is 1.78. The molecule has 2 unspecified atom stereocenters. The fourth-order valence-corrected chi connectivity index (χ4v) is 4.60. The van der Waals surface area contributed by atoms with Gasteiger partial charge in [0.05, 0.1) is 5.25 Å². The van der Waals surface area contributed by atoms with Gasteiger partial charge in [-0.15, -0.1) is 11.8 Å². The highest BCUT2D eigenvalue weighted by Gasteiger charge is 2.38. The van der Waals surface area contributed by atoms with Crippen LogP contribution in [-0.4, -0.2) is 60.2 Å². The van der Waals surface area contributed by atoms with E-state index in [4.69, 9.17) is 0 Å². The molecule has 2 fully saturated rings. The monoisotopic (exact) mass is 319 g/mol. The van der Waals surface area contributed by atoms with Crippen molar-refractivity contribution in [3.05, 3.63) is 35.4 Å². The third-order valence-electron chi connectivity index (χ3n) is 4.57. The van der Waals surface area contributed by atoms with Crippen molar-refractivity contribution in [3.63, 3.8) is 0 Å². The van der Waals surface area contributed by atoms with E-state index in [2.05, 4.69) is 46.3 Å². The number of piperazine rings is 1. The number of carbonyl (C=O) groups excluding carboxylic acids is 1. The topological polar surface area (TPSA) is 35.6 Å². The highest BCUT2D eigenvalue weighted by Crippen LogP contribution is 2.43. The van der Waals surface area contributed by atoms with Crippen LogP contribution in [0.2, 0.25) is 0 Å². The van der Waals surface area contributed by atoms with Gasteiger partial charge in [0.2, 0.25) is 5.91 Å². The Bertz CT molecular complexity index is 530. The Balaban J connectivity index is 1.71. The molecule has 2 aliphatic heterocycles. The molecule has 0 aliphatic carbocycles. The Morgan fingerprint density at radius 2 is 1.95 bits per heavy atom. The van der Waals surface area contributed by atoms with Crippen LogP contribution in [0.25, 0.3) is 0 Å². The molecule has 1 aromatic rings. The number of aryl methyl sites for hydroxylation is 1. The lowest BCUT2D eigenvalue weighted by Gasteiger charge is -2.31. The molecule has 0 radical (unpaired) electrons. The van der Waals surface area contributed by atoms with E-state index in [0.717, 1.165) is 39.3 Å². The summed E-state index contributed by atoms with van der Waals surface area (Å²) in [5.41, 5.74) is 2.56. The molecular weight excluding hydrogens is 294 g/mol. The number of hydrogen-bond acceptors (Lipinski definition) is 4. The van der Waals surface area contributed by atoms with E-state index in [1.54, 1.807) is 11.8 Å². The SMILES string of the molecule is Cc1ccccc1C1SC(C)C(=O)N1CCN1CCNCC1. The number of nitrogens with one attached hydrogen (secondary N) is 1. The second-order valence-electron chi connectivity index (χ2n) is 6.11. The standard InChI is InChI=1S/C17H25N3OS/c1-13-5-3-4-6-15(13)17-20(16(21)14(2)22-17)12-11-19-9-7-18-8-10-19/h3-6,14,17-18H,7-12H2,1-2H3. The van der Waals surface area contributed by atoms with Gasteiger partial charge in [-0.2, -0.15) is 0 Å². The first-order valence-corrected chi connectivity index (χ1v) is 9.05. The van der Waals surface area contributed by atoms with Gasteiger partial charge < -0.3 is 10.2 Å². The Kier molecular flexibility index (Phi) is 5.06. The van der Waals surface area contributed by atoms with Crippen LogP contribution < -0.4 is 5.32 Å². The van der Waals surface area contributed by atoms with Crippen molar-refractivity contribution in [1.82, 2.24) is 15.1 Å². The summed E-state index contributed by atoms with van der Waals surface area (Å²) in [6.07, 6.45) is 0. The van der Waals surface area contributed by atoms with Crippen molar-refractivity contribution in [2.24, 2.45) is 0 Å². The average Bonchev–Trinajstić information content (AvgIpc) is 2.82. The molecule has 120 valence electrons. The molecule has 0 aromatic heterocycles. The van der Waals surface area contributed by atoms with Crippen molar-refractivity contribution < 1.29 is 4.79 Å². The van der Waals surface area contributed by atoms with Gasteiger partial charge in [-0.05, 0) is 25.0 Å². The lowest BCUT2D eigenvalue weighted by molar-refractivity contribution is -0.130. The van der Waals surface area contributed by atoms with Crippen molar-refractivity contribution in [2.75, 3.05) is 39.3 Å². The van der Waals surface area contributed by atoms with Gasteiger partial charge in [0.15, 0.2) is 0 Å². The van der Waals surface area contributed by atoms with E-state index >= 15 is 0 Å². The maximum atomic E-state index is 12.5.